The number of anilines is 1. The van der Waals surface area contributed by atoms with Crippen molar-refractivity contribution in [2.24, 2.45) is 0 Å². The highest BCUT2D eigenvalue weighted by molar-refractivity contribution is 6.30. The number of nitrogens with zero attached hydrogens (tertiary/aromatic N) is 3. The molecular weight excluding hydrogens is 319 g/mol. The molecule has 0 atom stereocenters. The summed E-state index contributed by atoms with van der Waals surface area (Å²) in [5, 5.41) is 14.4. The molecule has 9 heteroatoms. The second-order valence-electron chi connectivity index (χ2n) is 3.87. The number of ether oxygens (including phenoxy) is 1. The monoisotopic (exact) mass is 328 g/mol. The molecule has 0 aromatic carbocycles. The molecule has 0 bridgehead atoms. The number of nitro groups is 1. The minimum atomic E-state index is -0.553. The third kappa shape index (κ3) is 4.44. The number of aromatic nitrogens is 2. The average Bonchev–Trinajstić information content (AvgIpc) is 2.46. The minimum absolute atomic E-state index is 0.136. The van der Waals surface area contributed by atoms with Gasteiger partial charge in [0.15, 0.2) is 0 Å². The minimum Gasteiger partial charge on any atom is -0.476 e. The predicted molar refractivity (Wildman–Crippen MR) is 79.1 cm³/mol. The van der Waals surface area contributed by atoms with Gasteiger partial charge in [-0.05, 0) is 6.07 Å². The van der Waals surface area contributed by atoms with Crippen LogP contribution in [0.15, 0.2) is 30.6 Å². The lowest BCUT2D eigenvalue weighted by molar-refractivity contribution is -0.384. The molecule has 0 unspecified atom stereocenters. The molecule has 0 aliphatic carbocycles. The second kappa shape index (κ2) is 7.05. The molecule has 110 valence electrons. The van der Waals surface area contributed by atoms with Gasteiger partial charge in [0.05, 0.1) is 21.5 Å². The van der Waals surface area contributed by atoms with Crippen LogP contribution >= 0.6 is 23.2 Å². The van der Waals surface area contributed by atoms with Gasteiger partial charge in [-0.1, -0.05) is 23.2 Å². The highest BCUT2D eigenvalue weighted by atomic mass is 35.5. The van der Waals surface area contributed by atoms with E-state index >= 15 is 0 Å². The Bertz CT molecular complexity index is 637. The van der Waals surface area contributed by atoms with Crippen LogP contribution < -0.4 is 10.1 Å². The number of rotatable bonds is 6. The summed E-state index contributed by atoms with van der Waals surface area (Å²) in [6.45, 7) is 0.579. The molecule has 0 radical (unpaired) electrons. The van der Waals surface area contributed by atoms with Crippen LogP contribution in [-0.2, 0) is 0 Å². The van der Waals surface area contributed by atoms with E-state index < -0.39 is 4.92 Å². The first kappa shape index (κ1) is 15.3. The highest BCUT2D eigenvalue weighted by Gasteiger charge is 2.15. The summed E-state index contributed by atoms with van der Waals surface area (Å²) >= 11 is 11.4. The second-order valence-corrected chi connectivity index (χ2v) is 4.74. The largest absolute Gasteiger partial charge is 0.476 e. The zero-order valence-electron chi connectivity index (χ0n) is 10.6. The van der Waals surface area contributed by atoms with E-state index in [1.807, 2.05) is 0 Å². The van der Waals surface area contributed by atoms with E-state index in [1.165, 1.54) is 18.5 Å². The zero-order chi connectivity index (χ0) is 15.2. The van der Waals surface area contributed by atoms with Gasteiger partial charge in [0.2, 0.25) is 11.7 Å². The number of pyridine rings is 2. The SMILES string of the molecule is O=[N+]([O-])c1cc(Cl)cnc1NCCOc1ccc(Cl)cn1. The molecule has 2 heterocycles. The third-order valence-corrected chi connectivity index (χ3v) is 2.81. The maximum atomic E-state index is 10.9. The van der Waals surface area contributed by atoms with Crippen molar-refractivity contribution in [3.8, 4) is 5.88 Å². The maximum absolute atomic E-state index is 10.9. The van der Waals surface area contributed by atoms with E-state index in [-0.39, 0.29) is 23.1 Å². The van der Waals surface area contributed by atoms with Gasteiger partial charge in [-0.15, -0.1) is 0 Å². The summed E-state index contributed by atoms with van der Waals surface area (Å²) in [4.78, 5) is 18.2. The van der Waals surface area contributed by atoms with Gasteiger partial charge in [0.1, 0.15) is 6.61 Å². The fourth-order valence-electron chi connectivity index (χ4n) is 1.48. The van der Waals surface area contributed by atoms with Crippen molar-refractivity contribution in [1.29, 1.82) is 0 Å². The fraction of sp³-hybridized carbons (Fsp3) is 0.167. The van der Waals surface area contributed by atoms with Gasteiger partial charge in [0.25, 0.3) is 0 Å². The number of halogens is 2. The van der Waals surface area contributed by atoms with E-state index in [1.54, 1.807) is 12.1 Å². The van der Waals surface area contributed by atoms with Crippen LogP contribution in [0.2, 0.25) is 10.0 Å². The molecule has 2 aromatic rings. The Morgan fingerprint density at radius 1 is 1.24 bits per heavy atom. The standard InChI is InChI=1S/C12H10Cl2N4O3/c13-8-1-2-11(16-6-8)21-4-3-15-12-10(18(19)20)5-9(14)7-17-12/h1-2,5-7H,3-4H2,(H,15,17). The molecule has 0 aliphatic heterocycles. The van der Waals surface area contributed by atoms with Gasteiger partial charge in [0, 0.05) is 24.5 Å². The topological polar surface area (TPSA) is 90.2 Å². The summed E-state index contributed by atoms with van der Waals surface area (Å²) < 4.78 is 5.35. The Morgan fingerprint density at radius 2 is 2.00 bits per heavy atom. The van der Waals surface area contributed by atoms with Crippen molar-refractivity contribution in [2.45, 2.75) is 0 Å². The van der Waals surface area contributed by atoms with Crippen molar-refractivity contribution in [1.82, 2.24) is 9.97 Å². The van der Waals surface area contributed by atoms with Crippen LogP contribution in [0.5, 0.6) is 5.88 Å². The van der Waals surface area contributed by atoms with Crippen LogP contribution in [0.4, 0.5) is 11.5 Å². The molecule has 0 saturated heterocycles. The summed E-state index contributed by atoms with van der Waals surface area (Å²) in [6, 6.07) is 4.52. The van der Waals surface area contributed by atoms with Crippen LogP contribution in [0.25, 0.3) is 0 Å². The fourth-order valence-corrected chi connectivity index (χ4v) is 1.74. The quantitative estimate of drug-likeness (QED) is 0.497. The van der Waals surface area contributed by atoms with E-state index in [0.717, 1.165) is 0 Å². The van der Waals surface area contributed by atoms with Crippen molar-refractivity contribution in [2.75, 3.05) is 18.5 Å². The molecule has 21 heavy (non-hydrogen) atoms. The summed E-state index contributed by atoms with van der Waals surface area (Å²) in [5.74, 6) is 0.553. The normalized spacial score (nSPS) is 10.2. The van der Waals surface area contributed by atoms with Crippen LogP contribution in [0.1, 0.15) is 0 Å². The van der Waals surface area contributed by atoms with Gasteiger partial charge >= 0.3 is 5.69 Å². The number of hydrogen-bond acceptors (Lipinski definition) is 6. The summed E-state index contributed by atoms with van der Waals surface area (Å²) in [6.07, 6.45) is 2.80. The smallest absolute Gasteiger partial charge is 0.312 e. The lowest BCUT2D eigenvalue weighted by atomic mass is 10.4. The highest BCUT2D eigenvalue weighted by Crippen LogP contribution is 2.24. The molecule has 1 N–H and O–H groups in total. The Labute approximate surface area is 130 Å². The molecule has 0 saturated carbocycles. The molecule has 7 nitrogen and oxygen atoms in total. The zero-order valence-corrected chi connectivity index (χ0v) is 12.1. The Hall–Kier alpha value is -2.12. The van der Waals surface area contributed by atoms with Crippen LogP contribution in [0, 0.1) is 10.1 Å². The first-order chi connectivity index (χ1) is 10.1. The molecule has 0 fully saturated rings. The first-order valence-electron chi connectivity index (χ1n) is 5.84. The Morgan fingerprint density at radius 3 is 2.67 bits per heavy atom. The number of hydrogen-bond donors (Lipinski definition) is 1. The summed E-state index contributed by atoms with van der Waals surface area (Å²) in [5.41, 5.74) is -0.188. The molecule has 2 aromatic heterocycles. The Balaban J connectivity index is 1.89. The van der Waals surface area contributed by atoms with Crippen LogP contribution in [-0.4, -0.2) is 28.0 Å². The van der Waals surface area contributed by atoms with E-state index in [2.05, 4.69) is 15.3 Å². The first-order valence-corrected chi connectivity index (χ1v) is 6.60. The average molecular weight is 329 g/mol. The van der Waals surface area contributed by atoms with Gasteiger partial charge in [-0.2, -0.15) is 0 Å². The lowest BCUT2D eigenvalue weighted by Crippen LogP contribution is -2.13. The maximum Gasteiger partial charge on any atom is 0.312 e. The van der Waals surface area contributed by atoms with E-state index in [4.69, 9.17) is 27.9 Å². The molecule has 2 rings (SSSR count). The van der Waals surface area contributed by atoms with E-state index in [0.29, 0.717) is 17.4 Å². The van der Waals surface area contributed by atoms with Crippen molar-refractivity contribution >= 4 is 34.7 Å². The van der Waals surface area contributed by atoms with Gasteiger partial charge < -0.3 is 10.1 Å². The lowest BCUT2D eigenvalue weighted by Gasteiger charge is -2.07. The van der Waals surface area contributed by atoms with Gasteiger partial charge in [-0.3, -0.25) is 10.1 Å². The van der Waals surface area contributed by atoms with Crippen LogP contribution in [0.3, 0.4) is 0 Å². The number of nitrogens with one attached hydrogen (secondary N) is 1. The third-order valence-electron chi connectivity index (χ3n) is 2.38. The molecular formula is C12H10Cl2N4O3. The Kier molecular flexibility index (Phi) is 5.13. The van der Waals surface area contributed by atoms with E-state index in [9.17, 15) is 10.1 Å². The summed E-state index contributed by atoms with van der Waals surface area (Å²) in [7, 11) is 0. The predicted octanol–water partition coefficient (Wildman–Crippen LogP) is 3.18. The van der Waals surface area contributed by atoms with Crippen molar-refractivity contribution < 1.29 is 9.66 Å². The molecule has 0 spiro atoms. The van der Waals surface area contributed by atoms with Crippen molar-refractivity contribution in [3.63, 3.8) is 0 Å². The molecule has 0 amide bonds. The van der Waals surface area contributed by atoms with Gasteiger partial charge in [-0.25, -0.2) is 9.97 Å². The molecule has 0 aliphatic rings. The van der Waals surface area contributed by atoms with Crippen molar-refractivity contribution in [3.05, 3.63) is 50.8 Å².